The number of carbonyl (C=O) groups is 1. The summed E-state index contributed by atoms with van der Waals surface area (Å²) in [5, 5.41) is 5.21. The zero-order chi connectivity index (χ0) is 18.7. The third-order valence-electron chi connectivity index (χ3n) is 4.23. The zero-order valence-electron chi connectivity index (χ0n) is 15.6. The van der Waals surface area contributed by atoms with Crippen molar-refractivity contribution in [2.24, 2.45) is 0 Å². The molecular formula is C20H24N4O2. The topological polar surface area (TPSA) is 60.2 Å². The molecule has 26 heavy (non-hydrogen) atoms. The number of ether oxygens (including phenoxy) is 1. The molecule has 0 N–H and O–H groups in total. The number of pyridine rings is 1. The van der Waals surface area contributed by atoms with Gasteiger partial charge >= 0.3 is 0 Å². The predicted octanol–water partition coefficient (Wildman–Crippen LogP) is 3.47. The number of amides is 1. The molecule has 0 aliphatic carbocycles. The Morgan fingerprint density at radius 2 is 1.96 bits per heavy atom. The number of nitrogens with zero attached hydrogens (tertiary/aromatic N) is 4. The minimum absolute atomic E-state index is 0.0794. The van der Waals surface area contributed by atoms with Crippen molar-refractivity contribution in [1.82, 2.24) is 19.7 Å². The van der Waals surface area contributed by atoms with Crippen molar-refractivity contribution in [3.05, 3.63) is 53.9 Å². The average Bonchev–Trinajstić information content (AvgIpc) is 3.06. The van der Waals surface area contributed by atoms with Gasteiger partial charge in [-0.2, -0.15) is 5.10 Å². The number of fused-ring (bicyclic) bond motifs is 1. The molecule has 3 rings (SSSR count). The first-order valence-corrected chi connectivity index (χ1v) is 8.74. The second-order valence-electron chi connectivity index (χ2n) is 6.71. The minimum Gasteiger partial charge on any atom is -0.492 e. The lowest BCUT2D eigenvalue weighted by Crippen LogP contribution is -2.31. The van der Waals surface area contributed by atoms with Crippen LogP contribution in [-0.2, 0) is 0 Å². The molecule has 6 heteroatoms. The highest BCUT2D eigenvalue weighted by molar-refractivity contribution is 5.96. The van der Waals surface area contributed by atoms with Gasteiger partial charge in [-0.1, -0.05) is 17.7 Å². The SMILES string of the molecule is Cc1ccc(OCCN(C)C(=O)c2cnc3c(cnn3C(C)C)c2)cc1. The Labute approximate surface area is 153 Å². The van der Waals surface area contributed by atoms with Gasteiger partial charge < -0.3 is 9.64 Å². The number of hydrogen-bond donors (Lipinski definition) is 0. The third-order valence-corrected chi connectivity index (χ3v) is 4.23. The Kier molecular flexibility index (Phi) is 5.21. The van der Waals surface area contributed by atoms with Crippen molar-refractivity contribution in [1.29, 1.82) is 0 Å². The van der Waals surface area contributed by atoms with Crippen LogP contribution in [0.25, 0.3) is 11.0 Å². The summed E-state index contributed by atoms with van der Waals surface area (Å²) in [6.45, 7) is 7.07. The quantitative estimate of drug-likeness (QED) is 0.681. The van der Waals surface area contributed by atoms with Gasteiger partial charge in [0.2, 0.25) is 0 Å². The molecule has 136 valence electrons. The highest BCUT2D eigenvalue weighted by Crippen LogP contribution is 2.17. The van der Waals surface area contributed by atoms with Gasteiger partial charge in [-0.05, 0) is 39.0 Å². The van der Waals surface area contributed by atoms with Crippen molar-refractivity contribution < 1.29 is 9.53 Å². The molecule has 2 aromatic heterocycles. The number of aryl methyl sites for hydroxylation is 1. The number of rotatable bonds is 6. The van der Waals surface area contributed by atoms with Gasteiger partial charge in [-0.3, -0.25) is 4.79 Å². The second-order valence-corrected chi connectivity index (χ2v) is 6.71. The fraction of sp³-hybridized carbons (Fsp3) is 0.350. The van der Waals surface area contributed by atoms with Crippen LogP contribution in [0.2, 0.25) is 0 Å². The van der Waals surface area contributed by atoms with Crippen LogP contribution in [0, 0.1) is 6.92 Å². The van der Waals surface area contributed by atoms with E-state index in [0.717, 1.165) is 16.8 Å². The van der Waals surface area contributed by atoms with Crippen molar-refractivity contribution >= 4 is 16.9 Å². The summed E-state index contributed by atoms with van der Waals surface area (Å²) in [6.07, 6.45) is 3.36. The molecule has 0 atom stereocenters. The van der Waals surface area contributed by atoms with Gasteiger partial charge in [-0.25, -0.2) is 9.67 Å². The van der Waals surface area contributed by atoms with E-state index in [1.165, 1.54) is 5.56 Å². The van der Waals surface area contributed by atoms with Crippen molar-refractivity contribution in [2.75, 3.05) is 20.2 Å². The second kappa shape index (κ2) is 7.56. The Balaban J connectivity index is 1.62. The predicted molar refractivity (Wildman–Crippen MR) is 102 cm³/mol. The molecule has 6 nitrogen and oxygen atoms in total. The Bertz CT molecular complexity index is 900. The zero-order valence-corrected chi connectivity index (χ0v) is 15.6. The molecule has 2 heterocycles. The summed E-state index contributed by atoms with van der Waals surface area (Å²) in [5.41, 5.74) is 2.54. The molecule has 0 fully saturated rings. The summed E-state index contributed by atoms with van der Waals surface area (Å²) < 4.78 is 7.54. The van der Waals surface area contributed by atoms with E-state index in [9.17, 15) is 4.79 Å². The lowest BCUT2D eigenvalue weighted by molar-refractivity contribution is 0.0773. The maximum atomic E-state index is 12.6. The normalized spacial score (nSPS) is 11.1. The third kappa shape index (κ3) is 3.85. The molecule has 1 amide bonds. The Morgan fingerprint density at radius 1 is 1.23 bits per heavy atom. The van der Waals surface area contributed by atoms with Gasteiger partial charge in [0.25, 0.3) is 5.91 Å². The summed E-state index contributed by atoms with van der Waals surface area (Å²) in [7, 11) is 1.77. The number of benzene rings is 1. The van der Waals surface area contributed by atoms with Crippen LogP contribution in [0.4, 0.5) is 0 Å². The first-order valence-electron chi connectivity index (χ1n) is 8.74. The fourth-order valence-electron chi connectivity index (χ4n) is 2.69. The van der Waals surface area contributed by atoms with E-state index >= 15 is 0 Å². The molecule has 0 saturated heterocycles. The number of carbonyl (C=O) groups excluding carboxylic acids is 1. The molecular weight excluding hydrogens is 328 g/mol. The van der Waals surface area contributed by atoms with Crippen LogP contribution in [-0.4, -0.2) is 45.8 Å². The van der Waals surface area contributed by atoms with E-state index in [4.69, 9.17) is 4.74 Å². The van der Waals surface area contributed by atoms with Crippen molar-refractivity contribution in [2.45, 2.75) is 26.8 Å². The smallest absolute Gasteiger partial charge is 0.255 e. The van der Waals surface area contributed by atoms with Crippen LogP contribution in [0.3, 0.4) is 0 Å². The van der Waals surface area contributed by atoms with Crippen LogP contribution in [0.15, 0.2) is 42.7 Å². The molecule has 0 saturated carbocycles. The van der Waals surface area contributed by atoms with E-state index in [1.807, 2.05) is 41.9 Å². The maximum Gasteiger partial charge on any atom is 0.255 e. The van der Waals surface area contributed by atoms with Crippen LogP contribution in [0.1, 0.15) is 35.8 Å². The minimum atomic E-state index is -0.0794. The van der Waals surface area contributed by atoms with Crippen LogP contribution >= 0.6 is 0 Å². The Morgan fingerprint density at radius 3 is 2.65 bits per heavy atom. The highest BCUT2D eigenvalue weighted by atomic mass is 16.5. The van der Waals surface area contributed by atoms with E-state index in [2.05, 4.69) is 23.9 Å². The van der Waals surface area contributed by atoms with E-state index in [-0.39, 0.29) is 11.9 Å². The van der Waals surface area contributed by atoms with Gasteiger partial charge in [0.1, 0.15) is 12.4 Å². The van der Waals surface area contributed by atoms with Gasteiger partial charge in [0.05, 0.1) is 18.3 Å². The molecule has 1 aromatic carbocycles. The highest BCUT2D eigenvalue weighted by Gasteiger charge is 2.15. The molecule has 0 bridgehead atoms. The van der Waals surface area contributed by atoms with E-state index in [1.54, 1.807) is 24.3 Å². The molecule has 0 spiro atoms. The van der Waals surface area contributed by atoms with Gasteiger partial charge in [0.15, 0.2) is 5.65 Å². The van der Waals surface area contributed by atoms with Crippen molar-refractivity contribution in [3.8, 4) is 5.75 Å². The molecule has 0 aliphatic heterocycles. The lowest BCUT2D eigenvalue weighted by atomic mass is 10.2. The lowest BCUT2D eigenvalue weighted by Gasteiger charge is -2.17. The van der Waals surface area contributed by atoms with Crippen LogP contribution in [0.5, 0.6) is 5.75 Å². The molecule has 3 aromatic rings. The molecule has 0 aliphatic rings. The van der Waals surface area contributed by atoms with Crippen molar-refractivity contribution in [3.63, 3.8) is 0 Å². The summed E-state index contributed by atoms with van der Waals surface area (Å²) >= 11 is 0. The summed E-state index contributed by atoms with van der Waals surface area (Å²) in [5.74, 6) is 0.727. The largest absolute Gasteiger partial charge is 0.492 e. The first-order chi connectivity index (χ1) is 12.5. The number of aromatic nitrogens is 3. The van der Waals surface area contributed by atoms with E-state index in [0.29, 0.717) is 18.7 Å². The van der Waals surface area contributed by atoms with Gasteiger partial charge in [0, 0.05) is 24.7 Å². The molecule has 0 unspecified atom stereocenters. The fourth-order valence-corrected chi connectivity index (χ4v) is 2.69. The molecule has 0 radical (unpaired) electrons. The number of likely N-dealkylation sites (N-methyl/N-ethyl adjacent to an activating group) is 1. The Hall–Kier alpha value is -2.89. The standard InChI is InChI=1S/C20H24N4O2/c1-14(2)24-19-16(13-22-24)11-17(12-21-19)20(25)23(4)9-10-26-18-7-5-15(3)6-8-18/h5-8,11-14H,9-10H2,1-4H3. The number of hydrogen-bond acceptors (Lipinski definition) is 4. The summed E-state index contributed by atoms with van der Waals surface area (Å²) in [6, 6.07) is 9.93. The van der Waals surface area contributed by atoms with E-state index < -0.39 is 0 Å². The monoisotopic (exact) mass is 352 g/mol. The van der Waals surface area contributed by atoms with Gasteiger partial charge in [-0.15, -0.1) is 0 Å². The van der Waals surface area contributed by atoms with Crippen LogP contribution < -0.4 is 4.74 Å². The summed E-state index contributed by atoms with van der Waals surface area (Å²) in [4.78, 5) is 18.7. The first kappa shape index (κ1) is 17.9. The average molecular weight is 352 g/mol. The maximum absolute atomic E-state index is 12.6.